The molecule has 1 aliphatic heterocycles. The van der Waals surface area contributed by atoms with Crippen molar-refractivity contribution in [2.24, 2.45) is 46.3 Å². The summed E-state index contributed by atoms with van der Waals surface area (Å²) >= 11 is 0. The maximum Gasteiger partial charge on any atom is 0.222 e. The molecule has 0 bridgehead atoms. The standard InChI is InChI=1S/C29H50N2O2/c1-19(5-10-27(33)31-16-15-30-18-20(31)2)24-8-9-25-23-7-6-21-17-22(32)11-13-28(21,3)26(23)12-14-29(24,25)4/h19-26,30,32H,5-18H2,1-4H3/t19-,20+,21+,22+,23+,24-,25+,26+,28+,29-/m1/s1. The van der Waals surface area contributed by atoms with Gasteiger partial charge in [-0.15, -0.1) is 0 Å². The summed E-state index contributed by atoms with van der Waals surface area (Å²) in [4.78, 5) is 15.1. The van der Waals surface area contributed by atoms with Crippen LogP contribution in [0.25, 0.3) is 0 Å². The first-order chi connectivity index (χ1) is 15.7. The Labute approximate surface area is 202 Å². The molecule has 0 aromatic carbocycles. The van der Waals surface area contributed by atoms with Crippen molar-refractivity contribution < 1.29 is 9.90 Å². The van der Waals surface area contributed by atoms with Gasteiger partial charge in [-0.1, -0.05) is 20.8 Å². The minimum absolute atomic E-state index is 0.0444. The van der Waals surface area contributed by atoms with E-state index in [2.05, 4.69) is 37.9 Å². The predicted molar refractivity (Wildman–Crippen MR) is 134 cm³/mol. The van der Waals surface area contributed by atoms with Gasteiger partial charge in [0, 0.05) is 32.1 Å². The van der Waals surface area contributed by atoms with Crippen LogP contribution >= 0.6 is 0 Å². The van der Waals surface area contributed by atoms with Crippen LogP contribution in [0.1, 0.15) is 98.3 Å². The number of piperazine rings is 1. The largest absolute Gasteiger partial charge is 0.393 e. The van der Waals surface area contributed by atoms with Gasteiger partial charge < -0.3 is 15.3 Å². The number of rotatable bonds is 4. The highest BCUT2D eigenvalue weighted by atomic mass is 16.3. The number of aliphatic hydroxyl groups excluding tert-OH is 1. The molecule has 0 unspecified atom stereocenters. The summed E-state index contributed by atoms with van der Waals surface area (Å²) < 4.78 is 0. The van der Waals surface area contributed by atoms with Crippen molar-refractivity contribution in [2.75, 3.05) is 19.6 Å². The first kappa shape index (κ1) is 24.1. The number of aliphatic hydroxyl groups is 1. The second-order valence-corrected chi connectivity index (χ2v) is 13.5. The van der Waals surface area contributed by atoms with E-state index in [0.717, 1.165) is 74.9 Å². The van der Waals surface area contributed by atoms with Gasteiger partial charge in [0.2, 0.25) is 5.91 Å². The van der Waals surface area contributed by atoms with Crippen LogP contribution in [0, 0.1) is 46.3 Å². The van der Waals surface area contributed by atoms with E-state index in [1.54, 1.807) is 0 Å². The fourth-order valence-electron chi connectivity index (χ4n) is 10.1. The summed E-state index contributed by atoms with van der Waals surface area (Å²) in [7, 11) is 0. The van der Waals surface area contributed by atoms with Gasteiger partial charge in [-0.05, 0) is 117 Å². The lowest BCUT2D eigenvalue weighted by molar-refractivity contribution is -0.135. The third-order valence-electron chi connectivity index (χ3n) is 12.0. The molecule has 188 valence electrons. The van der Waals surface area contributed by atoms with Crippen molar-refractivity contribution >= 4 is 5.91 Å². The van der Waals surface area contributed by atoms with E-state index < -0.39 is 0 Å². The number of nitrogens with one attached hydrogen (secondary N) is 1. The zero-order valence-electron chi connectivity index (χ0n) is 21.8. The van der Waals surface area contributed by atoms with Crippen molar-refractivity contribution in [1.29, 1.82) is 0 Å². The number of fused-ring (bicyclic) bond motifs is 5. The average molecular weight is 459 g/mol. The Morgan fingerprint density at radius 3 is 2.61 bits per heavy atom. The highest BCUT2D eigenvalue weighted by Gasteiger charge is 2.60. The molecule has 0 spiro atoms. The Kier molecular flexibility index (Phi) is 6.66. The molecule has 5 fully saturated rings. The smallest absolute Gasteiger partial charge is 0.222 e. The van der Waals surface area contributed by atoms with Gasteiger partial charge in [0.1, 0.15) is 0 Å². The van der Waals surface area contributed by atoms with Crippen molar-refractivity contribution in [3.8, 4) is 0 Å². The van der Waals surface area contributed by atoms with Crippen LogP contribution < -0.4 is 5.32 Å². The molecule has 5 aliphatic rings. The van der Waals surface area contributed by atoms with Crippen LogP contribution in [-0.4, -0.2) is 47.7 Å². The van der Waals surface area contributed by atoms with Gasteiger partial charge in [-0.3, -0.25) is 4.79 Å². The first-order valence-electron chi connectivity index (χ1n) is 14.4. The van der Waals surface area contributed by atoms with E-state index in [0.29, 0.717) is 28.7 Å². The second kappa shape index (κ2) is 9.12. The molecule has 4 heteroatoms. The Bertz CT molecular complexity index is 726. The topological polar surface area (TPSA) is 52.6 Å². The Morgan fingerprint density at radius 1 is 1.06 bits per heavy atom. The molecule has 0 aromatic heterocycles. The molecule has 4 nitrogen and oxygen atoms in total. The van der Waals surface area contributed by atoms with E-state index in [1.807, 2.05) is 0 Å². The molecule has 1 saturated heterocycles. The van der Waals surface area contributed by atoms with E-state index >= 15 is 0 Å². The summed E-state index contributed by atoms with van der Waals surface area (Å²) in [5, 5.41) is 13.7. The van der Waals surface area contributed by atoms with E-state index in [9.17, 15) is 9.90 Å². The third-order valence-corrected chi connectivity index (χ3v) is 12.0. The molecule has 2 N–H and O–H groups in total. The molecule has 4 aliphatic carbocycles. The summed E-state index contributed by atoms with van der Waals surface area (Å²) in [6, 6.07) is 0.336. The van der Waals surface area contributed by atoms with Gasteiger partial charge in [0.15, 0.2) is 0 Å². The van der Waals surface area contributed by atoms with Crippen molar-refractivity contribution in [3.63, 3.8) is 0 Å². The molecular formula is C29H50N2O2. The number of amides is 1. The van der Waals surface area contributed by atoms with Crippen LogP contribution in [0.15, 0.2) is 0 Å². The summed E-state index contributed by atoms with van der Waals surface area (Å²) in [5.41, 5.74) is 0.947. The summed E-state index contributed by atoms with van der Waals surface area (Å²) in [6.45, 7) is 12.6. The van der Waals surface area contributed by atoms with Gasteiger partial charge in [-0.25, -0.2) is 0 Å². The average Bonchev–Trinajstić information content (AvgIpc) is 3.15. The van der Waals surface area contributed by atoms with Crippen LogP contribution in [-0.2, 0) is 4.79 Å². The molecular weight excluding hydrogens is 408 g/mol. The van der Waals surface area contributed by atoms with Gasteiger partial charge in [-0.2, -0.15) is 0 Å². The maximum atomic E-state index is 13.0. The van der Waals surface area contributed by atoms with Gasteiger partial charge >= 0.3 is 0 Å². The van der Waals surface area contributed by atoms with E-state index in [-0.39, 0.29) is 6.10 Å². The molecule has 1 heterocycles. The fourth-order valence-corrected chi connectivity index (χ4v) is 10.1. The van der Waals surface area contributed by atoms with Gasteiger partial charge in [0.25, 0.3) is 0 Å². The SMILES string of the molecule is C[C@H](CCC(=O)N1CCNC[C@@H]1C)[C@H]1CC[C@H]2[C@@H]3CC[C@H]4C[C@@H](O)CC[C@]4(C)[C@H]3CC[C@]12C. The lowest BCUT2D eigenvalue weighted by atomic mass is 9.44. The summed E-state index contributed by atoms with van der Waals surface area (Å²) in [6.07, 6.45) is 13.4. The highest BCUT2D eigenvalue weighted by molar-refractivity contribution is 5.76. The molecule has 0 radical (unpaired) electrons. The molecule has 5 rings (SSSR count). The second-order valence-electron chi connectivity index (χ2n) is 13.5. The zero-order valence-corrected chi connectivity index (χ0v) is 21.8. The molecule has 10 atom stereocenters. The fraction of sp³-hybridized carbons (Fsp3) is 0.966. The third kappa shape index (κ3) is 4.09. The Balaban J connectivity index is 1.23. The molecule has 0 aromatic rings. The molecule has 4 saturated carbocycles. The van der Waals surface area contributed by atoms with Crippen LogP contribution in [0.2, 0.25) is 0 Å². The van der Waals surface area contributed by atoms with Crippen molar-refractivity contribution in [1.82, 2.24) is 10.2 Å². The van der Waals surface area contributed by atoms with Crippen LogP contribution in [0.5, 0.6) is 0 Å². The van der Waals surface area contributed by atoms with Crippen LogP contribution in [0.3, 0.4) is 0 Å². The van der Waals surface area contributed by atoms with Crippen LogP contribution in [0.4, 0.5) is 0 Å². The normalized spacial score (nSPS) is 48.5. The zero-order chi connectivity index (χ0) is 23.4. The van der Waals surface area contributed by atoms with E-state index in [1.165, 1.54) is 44.9 Å². The number of carbonyl (C=O) groups is 1. The summed E-state index contributed by atoms with van der Waals surface area (Å²) in [5.74, 6) is 5.24. The quantitative estimate of drug-likeness (QED) is 0.605. The first-order valence-corrected chi connectivity index (χ1v) is 14.4. The monoisotopic (exact) mass is 458 g/mol. The van der Waals surface area contributed by atoms with Crippen molar-refractivity contribution in [2.45, 2.75) is 110 Å². The lowest BCUT2D eigenvalue weighted by Crippen LogP contribution is -2.54. The predicted octanol–water partition coefficient (Wildman–Crippen LogP) is 5.24. The Morgan fingerprint density at radius 2 is 1.82 bits per heavy atom. The number of nitrogens with zero attached hydrogens (tertiary/aromatic N) is 1. The minimum Gasteiger partial charge on any atom is -0.393 e. The van der Waals surface area contributed by atoms with Crippen molar-refractivity contribution in [3.05, 3.63) is 0 Å². The number of hydrogen-bond donors (Lipinski definition) is 2. The van der Waals surface area contributed by atoms with E-state index in [4.69, 9.17) is 0 Å². The molecule has 33 heavy (non-hydrogen) atoms. The Hall–Kier alpha value is -0.610. The number of carbonyl (C=O) groups excluding carboxylic acids is 1. The highest BCUT2D eigenvalue weighted by Crippen LogP contribution is 2.68. The lowest BCUT2D eigenvalue weighted by Gasteiger charge is -2.61. The minimum atomic E-state index is -0.0444. The number of hydrogen-bond acceptors (Lipinski definition) is 3. The van der Waals surface area contributed by atoms with Gasteiger partial charge in [0.05, 0.1) is 6.10 Å². The maximum absolute atomic E-state index is 13.0. The molecule has 1 amide bonds.